The summed E-state index contributed by atoms with van der Waals surface area (Å²) in [6, 6.07) is 7.96. The topological polar surface area (TPSA) is 51.8 Å². The zero-order valence-corrected chi connectivity index (χ0v) is 13.2. The lowest BCUT2D eigenvalue weighted by Gasteiger charge is -2.10. The van der Waals surface area contributed by atoms with E-state index in [-0.39, 0.29) is 5.41 Å². The highest BCUT2D eigenvalue weighted by Crippen LogP contribution is 2.30. The largest absolute Gasteiger partial charge is 0.338 e. The number of rotatable bonds is 1. The molecule has 0 amide bonds. The molecule has 5 heteroatoms. The average molecular weight is 302 g/mol. The van der Waals surface area contributed by atoms with E-state index in [1.165, 1.54) is 0 Å². The van der Waals surface area contributed by atoms with Gasteiger partial charge >= 0.3 is 0 Å². The fraction of sp³-hybridized carbons (Fsp3) is 0.312. The molecule has 2 aromatic heterocycles. The summed E-state index contributed by atoms with van der Waals surface area (Å²) in [6.07, 6.45) is 0. The lowest BCUT2D eigenvalue weighted by Crippen LogP contribution is -2.11. The van der Waals surface area contributed by atoms with Crippen molar-refractivity contribution < 1.29 is 4.52 Å². The Kier molecular flexibility index (Phi) is 3.21. The van der Waals surface area contributed by atoms with Crippen LogP contribution in [0.3, 0.4) is 0 Å². The average Bonchev–Trinajstić information content (AvgIpc) is 2.88. The summed E-state index contributed by atoms with van der Waals surface area (Å²) < 4.78 is 5.33. The fourth-order valence-corrected chi connectivity index (χ4v) is 2.34. The van der Waals surface area contributed by atoms with Crippen molar-refractivity contribution in [3.63, 3.8) is 0 Å². The van der Waals surface area contributed by atoms with Gasteiger partial charge in [0.1, 0.15) is 5.15 Å². The first-order valence-electron chi connectivity index (χ1n) is 6.77. The van der Waals surface area contributed by atoms with E-state index < -0.39 is 0 Å². The fourth-order valence-electron chi connectivity index (χ4n) is 2.12. The molecule has 3 aromatic rings. The van der Waals surface area contributed by atoms with Crippen LogP contribution in [0.1, 0.15) is 32.2 Å². The van der Waals surface area contributed by atoms with Crippen LogP contribution in [0.2, 0.25) is 5.15 Å². The van der Waals surface area contributed by atoms with Crippen molar-refractivity contribution in [3.8, 4) is 11.4 Å². The molecular formula is C16H16ClN3O. The standard InChI is InChI=1S/C16H16ClN3O/c1-9-6-5-7-10-8-11(13(17)18-12(9)10)14-19-15(21-20-14)16(2,3)4/h5-8H,1-4H3. The van der Waals surface area contributed by atoms with E-state index in [9.17, 15) is 0 Å². The van der Waals surface area contributed by atoms with E-state index in [4.69, 9.17) is 16.1 Å². The highest BCUT2D eigenvalue weighted by Gasteiger charge is 2.23. The van der Waals surface area contributed by atoms with Crippen molar-refractivity contribution in [1.29, 1.82) is 0 Å². The molecule has 21 heavy (non-hydrogen) atoms. The molecule has 0 radical (unpaired) electrons. The second kappa shape index (κ2) is 4.81. The SMILES string of the molecule is Cc1cccc2cc(-c3noc(C(C)(C)C)n3)c(Cl)nc12. The van der Waals surface area contributed by atoms with E-state index >= 15 is 0 Å². The summed E-state index contributed by atoms with van der Waals surface area (Å²) in [7, 11) is 0. The molecule has 0 unspecified atom stereocenters. The second-order valence-electron chi connectivity index (χ2n) is 6.15. The molecular weight excluding hydrogens is 286 g/mol. The van der Waals surface area contributed by atoms with Crippen LogP contribution in [0.5, 0.6) is 0 Å². The first kappa shape index (κ1) is 14.0. The van der Waals surface area contributed by atoms with Crippen molar-refractivity contribution in [2.24, 2.45) is 0 Å². The summed E-state index contributed by atoms with van der Waals surface area (Å²) in [5.41, 5.74) is 2.47. The minimum Gasteiger partial charge on any atom is -0.338 e. The number of aromatic nitrogens is 3. The van der Waals surface area contributed by atoms with Gasteiger partial charge in [0, 0.05) is 10.8 Å². The first-order chi connectivity index (χ1) is 9.86. The van der Waals surface area contributed by atoms with E-state index in [0.717, 1.165) is 16.5 Å². The van der Waals surface area contributed by atoms with Crippen LogP contribution in [0.15, 0.2) is 28.8 Å². The third-order valence-electron chi connectivity index (χ3n) is 3.31. The van der Waals surface area contributed by atoms with E-state index in [1.807, 2.05) is 52.0 Å². The predicted octanol–water partition coefficient (Wildman–Crippen LogP) is 4.54. The number of halogens is 1. The quantitative estimate of drug-likeness (QED) is 0.619. The van der Waals surface area contributed by atoms with Gasteiger partial charge in [-0.05, 0) is 18.6 Å². The molecule has 3 rings (SSSR count). The predicted molar refractivity (Wildman–Crippen MR) is 83.5 cm³/mol. The second-order valence-corrected chi connectivity index (χ2v) is 6.50. The van der Waals surface area contributed by atoms with Crippen LogP contribution in [0.25, 0.3) is 22.3 Å². The van der Waals surface area contributed by atoms with Crippen LogP contribution in [0.4, 0.5) is 0 Å². The number of hydrogen-bond acceptors (Lipinski definition) is 4. The highest BCUT2D eigenvalue weighted by atomic mass is 35.5. The van der Waals surface area contributed by atoms with Crippen molar-refractivity contribution in [2.45, 2.75) is 33.1 Å². The van der Waals surface area contributed by atoms with Gasteiger partial charge in [-0.2, -0.15) is 4.98 Å². The van der Waals surface area contributed by atoms with Gasteiger partial charge in [-0.3, -0.25) is 0 Å². The van der Waals surface area contributed by atoms with Gasteiger partial charge in [0.2, 0.25) is 11.7 Å². The van der Waals surface area contributed by atoms with E-state index in [2.05, 4.69) is 15.1 Å². The monoisotopic (exact) mass is 301 g/mol. The van der Waals surface area contributed by atoms with Gasteiger partial charge < -0.3 is 4.52 Å². The molecule has 0 spiro atoms. The Morgan fingerprint density at radius 3 is 2.57 bits per heavy atom. The number of hydrogen-bond donors (Lipinski definition) is 0. The van der Waals surface area contributed by atoms with Crippen LogP contribution in [0, 0.1) is 6.92 Å². The molecule has 0 bridgehead atoms. The van der Waals surface area contributed by atoms with Gasteiger partial charge in [0.05, 0.1) is 11.1 Å². The third-order valence-corrected chi connectivity index (χ3v) is 3.60. The maximum absolute atomic E-state index is 6.30. The number of benzene rings is 1. The zero-order chi connectivity index (χ0) is 15.2. The van der Waals surface area contributed by atoms with Gasteiger partial charge in [-0.1, -0.05) is 55.7 Å². The third kappa shape index (κ3) is 2.51. The summed E-state index contributed by atoms with van der Waals surface area (Å²) in [4.78, 5) is 8.91. The first-order valence-corrected chi connectivity index (χ1v) is 7.14. The van der Waals surface area contributed by atoms with Crippen LogP contribution in [-0.4, -0.2) is 15.1 Å². The maximum Gasteiger partial charge on any atom is 0.232 e. The molecule has 108 valence electrons. The van der Waals surface area contributed by atoms with Crippen molar-refractivity contribution in [2.75, 3.05) is 0 Å². The minimum absolute atomic E-state index is 0.196. The van der Waals surface area contributed by atoms with Gasteiger partial charge in [-0.15, -0.1) is 0 Å². The number of nitrogens with zero attached hydrogens (tertiary/aromatic N) is 3. The zero-order valence-electron chi connectivity index (χ0n) is 12.4. The molecule has 0 aliphatic rings. The molecule has 1 aromatic carbocycles. The number of fused-ring (bicyclic) bond motifs is 1. The summed E-state index contributed by atoms with van der Waals surface area (Å²) in [5.74, 6) is 1.05. The van der Waals surface area contributed by atoms with Crippen LogP contribution in [-0.2, 0) is 5.41 Å². The van der Waals surface area contributed by atoms with E-state index in [0.29, 0.717) is 22.4 Å². The van der Waals surface area contributed by atoms with Crippen LogP contribution < -0.4 is 0 Å². The number of para-hydroxylation sites is 1. The van der Waals surface area contributed by atoms with Gasteiger partial charge in [0.25, 0.3) is 0 Å². The Balaban J connectivity index is 2.16. The lowest BCUT2D eigenvalue weighted by atomic mass is 9.97. The summed E-state index contributed by atoms with van der Waals surface area (Å²) in [5, 5.41) is 5.43. The Morgan fingerprint density at radius 1 is 1.14 bits per heavy atom. The molecule has 0 aliphatic heterocycles. The number of pyridine rings is 1. The molecule has 0 saturated carbocycles. The van der Waals surface area contributed by atoms with Gasteiger partial charge in [0.15, 0.2) is 0 Å². The Morgan fingerprint density at radius 2 is 1.90 bits per heavy atom. The molecule has 0 fully saturated rings. The highest BCUT2D eigenvalue weighted by molar-refractivity contribution is 6.32. The minimum atomic E-state index is -0.196. The smallest absolute Gasteiger partial charge is 0.232 e. The van der Waals surface area contributed by atoms with Crippen molar-refractivity contribution in [1.82, 2.24) is 15.1 Å². The Hall–Kier alpha value is -1.94. The number of aryl methyl sites for hydroxylation is 1. The normalized spacial score (nSPS) is 12.0. The maximum atomic E-state index is 6.30. The van der Waals surface area contributed by atoms with Crippen molar-refractivity contribution in [3.05, 3.63) is 40.9 Å². The van der Waals surface area contributed by atoms with Crippen LogP contribution >= 0.6 is 11.6 Å². The molecule has 4 nitrogen and oxygen atoms in total. The molecule has 0 saturated heterocycles. The van der Waals surface area contributed by atoms with Crippen molar-refractivity contribution >= 4 is 22.5 Å². The molecule has 0 atom stereocenters. The van der Waals surface area contributed by atoms with E-state index in [1.54, 1.807) is 0 Å². The Labute approximate surface area is 128 Å². The summed E-state index contributed by atoms with van der Waals surface area (Å²) >= 11 is 6.30. The molecule has 2 heterocycles. The Bertz CT molecular complexity index is 818. The van der Waals surface area contributed by atoms with Gasteiger partial charge in [-0.25, -0.2) is 4.98 Å². The molecule has 0 N–H and O–H groups in total. The summed E-state index contributed by atoms with van der Waals surface area (Å²) in [6.45, 7) is 8.08. The lowest BCUT2D eigenvalue weighted by molar-refractivity contribution is 0.321. The molecule has 0 aliphatic carbocycles.